The quantitative estimate of drug-likeness (QED) is 0.137. The van der Waals surface area contributed by atoms with Crippen LogP contribution < -0.4 is 14.5 Å². The number of anilines is 4. The van der Waals surface area contributed by atoms with Crippen LogP contribution in [0, 0.1) is 0 Å². The lowest BCUT2D eigenvalue weighted by molar-refractivity contribution is 0.482. The zero-order valence-electron chi connectivity index (χ0n) is 46.0. The van der Waals surface area contributed by atoms with Crippen molar-refractivity contribution in [3.63, 3.8) is 0 Å². The number of pyridine rings is 1. The molecule has 0 radical (unpaired) electrons. The minimum Gasteiger partial charge on any atom is -0.457 e. The van der Waals surface area contributed by atoms with Crippen LogP contribution in [0.15, 0.2) is 285 Å². The fourth-order valence-corrected chi connectivity index (χ4v) is 13.2. The number of hydrogen-bond donors (Lipinski definition) is 0. The summed E-state index contributed by atoms with van der Waals surface area (Å²) in [4.78, 5) is 10.0. The summed E-state index contributed by atoms with van der Waals surface area (Å²) >= 11 is 0. The monoisotopic (exact) mass is 1050 g/mol. The molecule has 5 nitrogen and oxygen atoms in total. The van der Waals surface area contributed by atoms with Crippen LogP contribution in [0.1, 0.15) is 48.6 Å². The van der Waals surface area contributed by atoms with Crippen molar-refractivity contribution in [2.45, 2.75) is 31.6 Å². The van der Waals surface area contributed by atoms with E-state index in [1.54, 1.807) is 0 Å². The lowest BCUT2D eigenvalue weighted by Crippen LogP contribution is -2.29. The SMILES string of the molecule is CC(C)(C)c1ccnc(-n2c3ccccc3c3ccc(Oc4cc(N5CN(c6c(-c7ccccc7)cc(-c7ccccc7)cc6-c6ccccc6)c6ccccc65)cc(C5(c6ccccc6)c6ccccc6-c6ccccc65)c4)cc32)c1. The Morgan fingerprint density at radius 2 is 0.951 bits per heavy atom. The third-order valence-electron chi connectivity index (χ3n) is 16.9. The van der Waals surface area contributed by atoms with Crippen molar-refractivity contribution >= 4 is 44.6 Å². The van der Waals surface area contributed by atoms with E-state index in [0.29, 0.717) is 6.67 Å². The van der Waals surface area contributed by atoms with Crippen LogP contribution in [0.4, 0.5) is 22.7 Å². The van der Waals surface area contributed by atoms with Gasteiger partial charge in [0.1, 0.15) is 24.0 Å². The maximum atomic E-state index is 7.44. The normalized spacial score (nSPS) is 13.3. The van der Waals surface area contributed by atoms with Crippen molar-refractivity contribution < 1.29 is 4.74 Å². The Kier molecular flexibility index (Phi) is 11.6. The fourth-order valence-electron chi connectivity index (χ4n) is 13.2. The number of hydrogen-bond acceptors (Lipinski definition) is 4. The van der Waals surface area contributed by atoms with Gasteiger partial charge in [-0.05, 0) is 133 Å². The molecule has 0 N–H and O–H groups in total. The van der Waals surface area contributed by atoms with Gasteiger partial charge >= 0.3 is 0 Å². The van der Waals surface area contributed by atoms with Gasteiger partial charge in [0.05, 0.1) is 33.5 Å². The van der Waals surface area contributed by atoms with E-state index in [4.69, 9.17) is 9.72 Å². The highest BCUT2D eigenvalue weighted by atomic mass is 16.5. The van der Waals surface area contributed by atoms with E-state index in [9.17, 15) is 0 Å². The van der Waals surface area contributed by atoms with Crippen molar-refractivity contribution in [2.75, 3.05) is 16.5 Å². The molecule has 13 aromatic rings. The van der Waals surface area contributed by atoms with Crippen molar-refractivity contribution in [3.8, 4) is 61.8 Å². The lowest BCUT2D eigenvalue weighted by atomic mass is 9.67. The van der Waals surface area contributed by atoms with E-state index >= 15 is 0 Å². The van der Waals surface area contributed by atoms with Crippen molar-refractivity contribution in [2.24, 2.45) is 0 Å². The Labute approximate surface area is 479 Å². The van der Waals surface area contributed by atoms with Crippen LogP contribution in [0.5, 0.6) is 11.5 Å². The number of para-hydroxylation sites is 3. The van der Waals surface area contributed by atoms with Crippen molar-refractivity contribution in [1.29, 1.82) is 0 Å². The second kappa shape index (κ2) is 19.5. The predicted molar refractivity (Wildman–Crippen MR) is 339 cm³/mol. The van der Waals surface area contributed by atoms with Gasteiger partial charge in [-0.15, -0.1) is 0 Å². The standard InChI is InChI=1S/C77H58N4O/c1-76(2,3)57-42-43-78-74(48-57)81-70-37-21-18-34-64(70)65-41-40-60(50-73(65)81)82-61-47-58(77(56-30-14-7-15-31-56)68-35-19-16-32-62(68)63-33-17-20-36-69(63)77)46-59(49-61)79-51-80(72-39-23-22-38-71(72)79)75-66(53-26-10-5-11-27-53)44-55(52-24-8-4-9-25-52)45-67(75)54-28-12-6-13-29-54/h4-50H,51H2,1-3H3. The van der Waals surface area contributed by atoms with Crippen molar-refractivity contribution in [1.82, 2.24) is 9.55 Å². The van der Waals surface area contributed by atoms with Gasteiger partial charge in [0.25, 0.3) is 0 Å². The highest BCUT2D eigenvalue weighted by molar-refractivity contribution is 6.09. The molecule has 0 unspecified atom stereocenters. The first kappa shape index (κ1) is 48.9. The average molecular weight is 1060 g/mol. The average Bonchev–Trinajstić information content (AvgIpc) is 4.33. The number of fused-ring (bicyclic) bond motifs is 7. The molecule has 2 aromatic heterocycles. The topological polar surface area (TPSA) is 33.5 Å². The minimum atomic E-state index is -0.699. The number of benzene rings is 11. The predicted octanol–water partition coefficient (Wildman–Crippen LogP) is 19.9. The largest absolute Gasteiger partial charge is 0.457 e. The number of aromatic nitrogens is 2. The molecule has 2 aliphatic rings. The molecule has 0 bridgehead atoms. The van der Waals surface area contributed by atoms with Crippen LogP contribution in [-0.2, 0) is 10.8 Å². The summed E-state index contributed by atoms with van der Waals surface area (Å²) in [6, 6.07) is 102. The van der Waals surface area contributed by atoms with E-state index in [1.807, 2.05) is 6.20 Å². The Morgan fingerprint density at radius 3 is 1.60 bits per heavy atom. The maximum Gasteiger partial charge on any atom is 0.137 e. The molecule has 5 heteroatoms. The summed E-state index contributed by atoms with van der Waals surface area (Å²) in [6.45, 7) is 7.29. The summed E-state index contributed by atoms with van der Waals surface area (Å²) in [5.74, 6) is 2.34. The van der Waals surface area contributed by atoms with Crippen molar-refractivity contribution in [3.05, 3.63) is 313 Å². The summed E-state index contributed by atoms with van der Waals surface area (Å²) in [7, 11) is 0. The lowest BCUT2D eigenvalue weighted by Gasteiger charge is -2.35. The molecule has 15 rings (SSSR count). The van der Waals surface area contributed by atoms with E-state index < -0.39 is 5.41 Å². The van der Waals surface area contributed by atoms with Gasteiger partial charge in [0.15, 0.2) is 0 Å². The number of nitrogens with zero attached hydrogens (tertiary/aromatic N) is 4. The number of rotatable bonds is 10. The van der Waals surface area contributed by atoms with Crippen LogP contribution in [0.2, 0.25) is 0 Å². The van der Waals surface area contributed by atoms with Gasteiger partial charge < -0.3 is 14.5 Å². The van der Waals surface area contributed by atoms with Gasteiger partial charge in [-0.3, -0.25) is 4.57 Å². The first-order chi connectivity index (χ1) is 40.3. The Bertz CT molecular complexity index is 4460. The molecule has 0 saturated carbocycles. The summed E-state index contributed by atoms with van der Waals surface area (Å²) in [5.41, 5.74) is 21.2. The molecule has 0 amide bonds. The van der Waals surface area contributed by atoms with E-state index in [1.165, 1.54) is 38.9 Å². The van der Waals surface area contributed by atoms with E-state index in [0.717, 1.165) is 95.3 Å². The fraction of sp³-hybridized carbons (Fsp3) is 0.0779. The molecular formula is C77H58N4O. The molecule has 11 aromatic carbocycles. The molecule has 3 heterocycles. The van der Waals surface area contributed by atoms with Crippen LogP contribution in [-0.4, -0.2) is 16.2 Å². The molecule has 1 aliphatic carbocycles. The molecule has 0 saturated heterocycles. The minimum absolute atomic E-state index is 0.0564. The third kappa shape index (κ3) is 8.03. The highest BCUT2D eigenvalue weighted by Crippen LogP contribution is 2.58. The van der Waals surface area contributed by atoms with Gasteiger partial charge in [-0.2, -0.15) is 0 Å². The Hall–Kier alpha value is -10.2. The molecular weight excluding hydrogens is 997 g/mol. The van der Waals surface area contributed by atoms with E-state index in [-0.39, 0.29) is 5.41 Å². The van der Waals surface area contributed by atoms with Gasteiger partial charge in [-0.1, -0.05) is 221 Å². The molecule has 392 valence electrons. The van der Waals surface area contributed by atoms with E-state index in [2.05, 4.69) is 314 Å². The molecule has 1 aliphatic heterocycles. The summed E-state index contributed by atoms with van der Waals surface area (Å²) in [6.07, 6.45) is 1.94. The molecule has 0 spiro atoms. The Balaban J connectivity index is 0.957. The molecule has 0 atom stereocenters. The Morgan fingerprint density at radius 1 is 0.402 bits per heavy atom. The highest BCUT2D eigenvalue weighted by Gasteiger charge is 2.47. The summed E-state index contributed by atoms with van der Waals surface area (Å²) < 4.78 is 9.74. The van der Waals surface area contributed by atoms with Crippen LogP contribution in [0.25, 0.3) is 72.1 Å². The first-order valence-corrected chi connectivity index (χ1v) is 28.4. The maximum absolute atomic E-state index is 7.44. The second-order valence-corrected chi connectivity index (χ2v) is 22.7. The van der Waals surface area contributed by atoms with Crippen LogP contribution >= 0.6 is 0 Å². The summed E-state index contributed by atoms with van der Waals surface area (Å²) in [5, 5.41) is 2.30. The third-order valence-corrected chi connectivity index (χ3v) is 16.9. The number of ether oxygens (including phenoxy) is 1. The first-order valence-electron chi connectivity index (χ1n) is 28.4. The zero-order chi connectivity index (χ0) is 54.9. The smallest absolute Gasteiger partial charge is 0.137 e. The second-order valence-electron chi connectivity index (χ2n) is 22.7. The van der Waals surface area contributed by atoms with Gasteiger partial charge in [-0.25, -0.2) is 4.98 Å². The van der Waals surface area contributed by atoms with Gasteiger partial charge in [0, 0.05) is 45.9 Å². The van der Waals surface area contributed by atoms with Crippen LogP contribution in [0.3, 0.4) is 0 Å². The zero-order valence-corrected chi connectivity index (χ0v) is 46.0. The molecule has 0 fully saturated rings. The molecule has 82 heavy (non-hydrogen) atoms. The van der Waals surface area contributed by atoms with Gasteiger partial charge in [0.2, 0.25) is 0 Å².